The van der Waals surface area contributed by atoms with Crippen molar-refractivity contribution in [3.8, 4) is 0 Å². The number of nitro groups is 1. The van der Waals surface area contributed by atoms with Crippen LogP contribution in [0.2, 0.25) is 5.02 Å². The van der Waals surface area contributed by atoms with E-state index >= 15 is 0 Å². The molecule has 0 atom stereocenters. The van der Waals surface area contributed by atoms with Crippen molar-refractivity contribution in [1.29, 1.82) is 0 Å². The van der Waals surface area contributed by atoms with Crippen LogP contribution in [-0.4, -0.2) is 17.0 Å². The van der Waals surface area contributed by atoms with Gasteiger partial charge in [0.1, 0.15) is 0 Å². The summed E-state index contributed by atoms with van der Waals surface area (Å²) in [6.45, 7) is 0. The van der Waals surface area contributed by atoms with E-state index in [1.54, 1.807) is 12.4 Å². The van der Waals surface area contributed by atoms with Gasteiger partial charge in [-0.15, -0.1) is 11.8 Å². The number of rotatable bonds is 4. The van der Waals surface area contributed by atoms with Crippen LogP contribution >= 0.6 is 23.4 Å². The molecular weight excluding hydrogens is 226 g/mol. The molecule has 1 aromatic carbocycles. The predicted octanol–water partition coefficient (Wildman–Crippen LogP) is 2.45. The molecule has 14 heavy (non-hydrogen) atoms. The van der Waals surface area contributed by atoms with Crippen molar-refractivity contribution in [2.75, 3.05) is 5.75 Å². The van der Waals surface area contributed by atoms with Crippen LogP contribution in [-0.2, 0) is 4.79 Å². The zero-order valence-corrected chi connectivity index (χ0v) is 8.47. The molecule has 0 amide bonds. The van der Waals surface area contributed by atoms with Gasteiger partial charge in [0.25, 0.3) is 5.69 Å². The predicted molar refractivity (Wildman–Crippen MR) is 54.5 cm³/mol. The number of nitro benzene ring substituents is 1. The van der Waals surface area contributed by atoms with Crippen molar-refractivity contribution in [1.82, 2.24) is 0 Å². The van der Waals surface area contributed by atoms with Crippen molar-refractivity contribution in [2.24, 2.45) is 0 Å². The minimum absolute atomic E-state index is 0.0719. The van der Waals surface area contributed by atoms with Crippen LogP contribution < -0.4 is 0 Å². The SMILES string of the molecule is O=[C]CSc1ccc(Cl)cc1[N+](=O)[O-]. The van der Waals surface area contributed by atoms with Gasteiger partial charge >= 0.3 is 0 Å². The summed E-state index contributed by atoms with van der Waals surface area (Å²) in [5.74, 6) is 0.0719. The maximum Gasteiger partial charge on any atom is 0.284 e. The fourth-order valence-electron chi connectivity index (χ4n) is 0.862. The van der Waals surface area contributed by atoms with Gasteiger partial charge in [-0.05, 0) is 12.1 Å². The van der Waals surface area contributed by atoms with Gasteiger partial charge in [0.05, 0.1) is 15.6 Å². The molecule has 0 aliphatic heterocycles. The standard InChI is InChI=1S/C8H5ClNO3S/c9-6-1-2-8(14-4-3-11)7(5-6)10(12)13/h1-2,5H,4H2. The van der Waals surface area contributed by atoms with Gasteiger partial charge in [0.15, 0.2) is 0 Å². The van der Waals surface area contributed by atoms with E-state index < -0.39 is 4.92 Å². The summed E-state index contributed by atoms with van der Waals surface area (Å²) in [6, 6.07) is 4.32. The molecule has 0 bridgehead atoms. The summed E-state index contributed by atoms with van der Waals surface area (Å²) in [5.41, 5.74) is -0.0854. The lowest BCUT2D eigenvalue weighted by molar-refractivity contribution is -0.387. The second kappa shape index (κ2) is 4.97. The summed E-state index contributed by atoms with van der Waals surface area (Å²) in [6.07, 6.45) is 1.65. The maximum absolute atomic E-state index is 10.6. The third-order valence-corrected chi connectivity index (χ3v) is 2.56. The first-order valence-electron chi connectivity index (χ1n) is 3.57. The largest absolute Gasteiger partial charge is 0.290 e. The monoisotopic (exact) mass is 230 g/mol. The molecule has 0 fully saturated rings. The van der Waals surface area contributed by atoms with E-state index in [0.29, 0.717) is 9.92 Å². The molecule has 0 unspecified atom stereocenters. The molecule has 1 aromatic rings. The highest BCUT2D eigenvalue weighted by Gasteiger charge is 2.14. The Kier molecular flexibility index (Phi) is 3.91. The first-order chi connectivity index (χ1) is 6.65. The van der Waals surface area contributed by atoms with E-state index in [9.17, 15) is 14.9 Å². The summed E-state index contributed by atoms with van der Waals surface area (Å²) in [4.78, 5) is 20.4. The fourth-order valence-corrected chi connectivity index (χ4v) is 1.69. The van der Waals surface area contributed by atoms with Crippen LogP contribution in [0.25, 0.3) is 0 Å². The fraction of sp³-hybridized carbons (Fsp3) is 0.125. The average Bonchev–Trinajstić information content (AvgIpc) is 2.15. The van der Waals surface area contributed by atoms with Gasteiger partial charge < -0.3 is 0 Å². The van der Waals surface area contributed by atoms with E-state index in [2.05, 4.69) is 0 Å². The Morgan fingerprint density at radius 2 is 2.29 bits per heavy atom. The highest BCUT2D eigenvalue weighted by atomic mass is 35.5. The summed E-state index contributed by atoms with van der Waals surface area (Å²) < 4.78 is 0. The van der Waals surface area contributed by atoms with Gasteiger partial charge in [-0.3, -0.25) is 14.9 Å². The Labute approximate surface area is 89.4 Å². The van der Waals surface area contributed by atoms with Crippen molar-refractivity contribution >= 4 is 35.3 Å². The highest BCUT2D eigenvalue weighted by Crippen LogP contribution is 2.30. The number of hydrogen-bond donors (Lipinski definition) is 0. The van der Waals surface area contributed by atoms with Gasteiger partial charge in [0, 0.05) is 11.1 Å². The Balaban J connectivity index is 3.01. The lowest BCUT2D eigenvalue weighted by Gasteiger charge is -1.99. The van der Waals surface area contributed by atoms with Crippen LogP contribution in [0.5, 0.6) is 0 Å². The highest BCUT2D eigenvalue weighted by molar-refractivity contribution is 8.00. The number of halogens is 1. The molecule has 0 heterocycles. The average molecular weight is 231 g/mol. The van der Waals surface area contributed by atoms with Gasteiger partial charge in [-0.1, -0.05) is 11.6 Å². The quantitative estimate of drug-likeness (QED) is 0.453. The molecule has 0 aliphatic carbocycles. The third kappa shape index (κ3) is 2.71. The Hall–Kier alpha value is -1.07. The molecule has 0 N–H and O–H groups in total. The molecular formula is C8H5ClNO3S. The topological polar surface area (TPSA) is 60.2 Å². The third-order valence-electron chi connectivity index (χ3n) is 1.40. The number of nitrogens with zero attached hydrogens (tertiary/aromatic N) is 1. The summed E-state index contributed by atoms with van der Waals surface area (Å²) in [5, 5.41) is 10.9. The molecule has 4 nitrogen and oxygen atoms in total. The van der Waals surface area contributed by atoms with E-state index in [-0.39, 0.29) is 11.4 Å². The second-order valence-corrected chi connectivity index (χ2v) is 3.76. The molecule has 0 aliphatic rings. The van der Waals surface area contributed by atoms with Crippen molar-refractivity contribution in [3.05, 3.63) is 33.3 Å². The lowest BCUT2D eigenvalue weighted by atomic mass is 10.3. The Morgan fingerprint density at radius 3 is 2.86 bits per heavy atom. The minimum Gasteiger partial charge on any atom is -0.290 e. The molecule has 1 rings (SSSR count). The molecule has 0 spiro atoms. The maximum atomic E-state index is 10.6. The van der Waals surface area contributed by atoms with E-state index in [0.717, 1.165) is 11.8 Å². The van der Waals surface area contributed by atoms with Crippen LogP contribution in [0.15, 0.2) is 23.1 Å². The van der Waals surface area contributed by atoms with Crippen molar-refractivity contribution in [2.45, 2.75) is 4.90 Å². The Morgan fingerprint density at radius 1 is 1.57 bits per heavy atom. The number of hydrogen-bond acceptors (Lipinski definition) is 4. The lowest BCUT2D eigenvalue weighted by Crippen LogP contribution is -1.91. The van der Waals surface area contributed by atoms with Crippen LogP contribution in [0.4, 0.5) is 5.69 Å². The summed E-state index contributed by atoms with van der Waals surface area (Å²) in [7, 11) is 0. The number of carbonyl (C=O) groups excluding carboxylic acids is 1. The smallest absolute Gasteiger partial charge is 0.284 e. The molecule has 0 aromatic heterocycles. The van der Waals surface area contributed by atoms with Crippen molar-refractivity contribution in [3.63, 3.8) is 0 Å². The van der Waals surface area contributed by atoms with Gasteiger partial charge in [-0.25, -0.2) is 0 Å². The Bertz CT molecular complexity index is 370. The zero-order chi connectivity index (χ0) is 10.6. The number of benzene rings is 1. The van der Waals surface area contributed by atoms with Crippen LogP contribution in [0.1, 0.15) is 0 Å². The molecule has 0 saturated carbocycles. The first-order valence-corrected chi connectivity index (χ1v) is 4.93. The molecule has 1 radical (unpaired) electrons. The summed E-state index contributed by atoms with van der Waals surface area (Å²) >= 11 is 6.66. The van der Waals surface area contributed by atoms with Gasteiger partial charge in [0.2, 0.25) is 6.29 Å². The van der Waals surface area contributed by atoms with E-state index in [1.165, 1.54) is 12.1 Å². The van der Waals surface area contributed by atoms with Crippen molar-refractivity contribution < 1.29 is 9.72 Å². The van der Waals surface area contributed by atoms with Crippen LogP contribution in [0, 0.1) is 10.1 Å². The van der Waals surface area contributed by atoms with E-state index in [1.807, 2.05) is 0 Å². The normalized spacial score (nSPS) is 9.79. The minimum atomic E-state index is -0.529. The second-order valence-electron chi connectivity index (χ2n) is 2.30. The first kappa shape index (κ1) is 11.0. The number of thioether (sulfide) groups is 1. The van der Waals surface area contributed by atoms with Crippen LogP contribution in [0.3, 0.4) is 0 Å². The van der Waals surface area contributed by atoms with Gasteiger partial charge in [-0.2, -0.15) is 0 Å². The van der Waals surface area contributed by atoms with E-state index in [4.69, 9.17) is 11.6 Å². The zero-order valence-electron chi connectivity index (χ0n) is 6.90. The molecule has 6 heteroatoms. The molecule has 73 valence electrons. The molecule has 0 saturated heterocycles.